The van der Waals surface area contributed by atoms with Crippen molar-refractivity contribution in [1.82, 2.24) is 14.4 Å². The number of nitrogens with zero attached hydrogens (tertiary/aromatic N) is 3. The molecule has 1 aromatic heterocycles. The highest BCUT2D eigenvalue weighted by Crippen LogP contribution is 2.08. The molecule has 1 aliphatic rings. The second-order valence-electron chi connectivity index (χ2n) is 6.26. The SMILES string of the molecule is COCCCN(Cc1cccn1C)C[C@@H](O)CN1CCOCC1. The lowest BCUT2D eigenvalue weighted by molar-refractivity contribution is 0.00554. The van der Waals surface area contributed by atoms with Gasteiger partial charge in [-0.1, -0.05) is 0 Å². The van der Waals surface area contributed by atoms with E-state index in [1.165, 1.54) is 5.69 Å². The maximum absolute atomic E-state index is 10.5. The van der Waals surface area contributed by atoms with Crippen LogP contribution in [0.25, 0.3) is 0 Å². The highest BCUT2D eigenvalue weighted by Gasteiger charge is 2.18. The molecule has 1 N–H and O–H groups in total. The van der Waals surface area contributed by atoms with Gasteiger partial charge in [0, 0.05) is 71.9 Å². The van der Waals surface area contributed by atoms with E-state index in [0.29, 0.717) is 6.54 Å². The molecule has 0 saturated carbocycles. The van der Waals surface area contributed by atoms with Crippen molar-refractivity contribution in [1.29, 1.82) is 0 Å². The number of aryl methyl sites for hydroxylation is 1. The van der Waals surface area contributed by atoms with Gasteiger partial charge in [-0.3, -0.25) is 9.80 Å². The lowest BCUT2D eigenvalue weighted by Crippen LogP contribution is -2.44. The van der Waals surface area contributed by atoms with E-state index < -0.39 is 0 Å². The van der Waals surface area contributed by atoms with Crippen LogP contribution in [0.2, 0.25) is 0 Å². The molecule has 0 bridgehead atoms. The Balaban J connectivity index is 1.83. The van der Waals surface area contributed by atoms with Crippen LogP contribution >= 0.6 is 0 Å². The zero-order valence-electron chi connectivity index (χ0n) is 14.5. The molecule has 1 aliphatic heterocycles. The zero-order chi connectivity index (χ0) is 16.5. The molecule has 2 rings (SSSR count). The van der Waals surface area contributed by atoms with Gasteiger partial charge in [0.1, 0.15) is 0 Å². The average molecular weight is 325 g/mol. The van der Waals surface area contributed by atoms with E-state index in [1.807, 2.05) is 0 Å². The summed E-state index contributed by atoms with van der Waals surface area (Å²) in [6, 6.07) is 4.20. The predicted molar refractivity (Wildman–Crippen MR) is 90.4 cm³/mol. The summed E-state index contributed by atoms with van der Waals surface area (Å²) in [4.78, 5) is 4.60. The lowest BCUT2D eigenvalue weighted by Gasteiger charge is -2.31. The molecule has 0 unspecified atom stereocenters. The minimum atomic E-state index is -0.337. The van der Waals surface area contributed by atoms with Gasteiger partial charge in [-0.2, -0.15) is 0 Å². The maximum atomic E-state index is 10.5. The molecule has 0 aliphatic carbocycles. The van der Waals surface area contributed by atoms with Crippen molar-refractivity contribution >= 4 is 0 Å². The molecular formula is C17H31N3O3. The van der Waals surface area contributed by atoms with Gasteiger partial charge < -0.3 is 19.1 Å². The Bertz CT molecular complexity index is 432. The normalized spacial score (nSPS) is 17.7. The van der Waals surface area contributed by atoms with Crippen LogP contribution in [0.3, 0.4) is 0 Å². The van der Waals surface area contributed by atoms with Crippen molar-refractivity contribution in [3.63, 3.8) is 0 Å². The topological polar surface area (TPSA) is 50.1 Å². The largest absolute Gasteiger partial charge is 0.390 e. The predicted octanol–water partition coefficient (Wildman–Crippen LogP) is 0.557. The quantitative estimate of drug-likeness (QED) is 0.637. The Morgan fingerprint density at radius 2 is 2.17 bits per heavy atom. The third-order valence-corrected chi connectivity index (χ3v) is 4.30. The number of ether oxygens (including phenoxy) is 2. The Labute approximate surface area is 139 Å². The van der Waals surface area contributed by atoms with Crippen LogP contribution in [0.1, 0.15) is 12.1 Å². The molecule has 0 radical (unpaired) electrons. The molecule has 23 heavy (non-hydrogen) atoms. The summed E-state index contributed by atoms with van der Waals surface area (Å²) in [5.41, 5.74) is 1.26. The Hall–Kier alpha value is -0.920. The molecule has 6 heteroatoms. The van der Waals surface area contributed by atoms with Crippen LogP contribution in [0.5, 0.6) is 0 Å². The molecule has 1 fully saturated rings. The summed E-state index contributed by atoms with van der Waals surface area (Å²) < 4.78 is 12.7. The molecule has 2 heterocycles. The standard InChI is InChI=1S/C17H31N3O3/c1-18-6-3-5-16(18)13-20(7-4-10-22-2)15-17(21)14-19-8-11-23-12-9-19/h3,5-6,17,21H,4,7-15H2,1-2H3/t17-/m0/s1. The van der Waals surface area contributed by atoms with Gasteiger partial charge in [-0.15, -0.1) is 0 Å². The highest BCUT2D eigenvalue weighted by atomic mass is 16.5. The lowest BCUT2D eigenvalue weighted by atomic mass is 10.2. The van der Waals surface area contributed by atoms with E-state index in [4.69, 9.17) is 9.47 Å². The number of hydrogen-bond acceptors (Lipinski definition) is 5. The fraction of sp³-hybridized carbons (Fsp3) is 0.765. The van der Waals surface area contributed by atoms with Crippen LogP contribution in [0.15, 0.2) is 18.3 Å². The molecular weight excluding hydrogens is 294 g/mol. The van der Waals surface area contributed by atoms with Crippen LogP contribution < -0.4 is 0 Å². The first-order valence-corrected chi connectivity index (χ1v) is 8.48. The summed E-state index contributed by atoms with van der Waals surface area (Å²) in [5.74, 6) is 0. The number of rotatable bonds is 10. The number of β-amino-alcohol motifs (C(OH)–C–C–N with tert-alkyl or cyclic N) is 1. The van der Waals surface area contributed by atoms with Gasteiger partial charge in [0.05, 0.1) is 19.3 Å². The van der Waals surface area contributed by atoms with E-state index in [2.05, 4.69) is 39.7 Å². The summed E-state index contributed by atoms with van der Waals surface area (Å²) in [5, 5.41) is 10.5. The van der Waals surface area contributed by atoms with Crippen molar-refractivity contribution in [3.8, 4) is 0 Å². The molecule has 132 valence electrons. The van der Waals surface area contributed by atoms with Crippen LogP contribution in [0, 0.1) is 0 Å². The van der Waals surface area contributed by atoms with Crippen molar-refractivity contribution in [2.75, 3.05) is 59.7 Å². The monoisotopic (exact) mass is 325 g/mol. The van der Waals surface area contributed by atoms with E-state index in [1.54, 1.807) is 7.11 Å². The van der Waals surface area contributed by atoms with Crippen LogP contribution in [0.4, 0.5) is 0 Å². The van der Waals surface area contributed by atoms with Gasteiger partial charge >= 0.3 is 0 Å². The van der Waals surface area contributed by atoms with E-state index in [0.717, 1.165) is 59.0 Å². The second-order valence-corrected chi connectivity index (χ2v) is 6.26. The fourth-order valence-corrected chi connectivity index (χ4v) is 2.99. The number of hydrogen-bond donors (Lipinski definition) is 1. The van der Waals surface area contributed by atoms with Crippen molar-refractivity contribution in [3.05, 3.63) is 24.0 Å². The maximum Gasteiger partial charge on any atom is 0.0793 e. The van der Waals surface area contributed by atoms with E-state index in [-0.39, 0.29) is 6.10 Å². The van der Waals surface area contributed by atoms with Gasteiger partial charge in [-0.25, -0.2) is 0 Å². The molecule has 0 spiro atoms. The smallest absolute Gasteiger partial charge is 0.0793 e. The fourth-order valence-electron chi connectivity index (χ4n) is 2.99. The molecule has 6 nitrogen and oxygen atoms in total. The Morgan fingerprint density at radius 1 is 1.39 bits per heavy atom. The van der Waals surface area contributed by atoms with Gasteiger partial charge in [-0.05, 0) is 18.6 Å². The first kappa shape index (κ1) is 18.4. The minimum absolute atomic E-state index is 0.337. The third kappa shape index (κ3) is 6.61. The highest BCUT2D eigenvalue weighted by molar-refractivity contribution is 5.06. The first-order chi connectivity index (χ1) is 11.2. The first-order valence-electron chi connectivity index (χ1n) is 8.48. The van der Waals surface area contributed by atoms with Gasteiger partial charge in [0.2, 0.25) is 0 Å². The summed E-state index contributed by atoms with van der Waals surface area (Å²) in [6.45, 7) is 7.32. The molecule has 1 atom stereocenters. The van der Waals surface area contributed by atoms with Crippen molar-refractivity contribution in [2.24, 2.45) is 7.05 Å². The minimum Gasteiger partial charge on any atom is -0.390 e. The molecule has 0 amide bonds. The number of morpholine rings is 1. The summed E-state index contributed by atoms with van der Waals surface area (Å²) >= 11 is 0. The van der Waals surface area contributed by atoms with E-state index in [9.17, 15) is 5.11 Å². The molecule has 1 saturated heterocycles. The Morgan fingerprint density at radius 3 is 2.83 bits per heavy atom. The number of aliphatic hydroxyl groups is 1. The number of aliphatic hydroxyl groups excluding tert-OH is 1. The Kier molecular flexibility index (Phi) is 8.05. The van der Waals surface area contributed by atoms with Gasteiger partial charge in [0.25, 0.3) is 0 Å². The zero-order valence-corrected chi connectivity index (χ0v) is 14.5. The van der Waals surface area contributed by atoms with Crippen molar-refractivity contribution < 1.29 is 14.6 Å². The van der Waals surface area contributed by atoms with Crippen LogP contribution in [-0.2, 0) is 23.1 Å². The molecule has 0 aromatic carbocycles. The molecule has 1 aromatic rings. The number of methoxy groups -OCH3 is 1. The van der Waals surface area contributed by atoms with Crippen LogP contribution in [-0.4, -0.2) is 85.2 Å². The third-order valence-electron chi connectivity index (χ3n) is 4.30. The van der Waals surface area contributed by atoms with Gasteiger partial charge in [0.15, 0.2) is 0 Å². The van der Waals surface area contributed by atoms with Crippen molar-refractivity contribution in [2.45, 2.75) is 19.1 Å². The summed E-state index contributed by atoms with van der Waals surface area (Å²) in [6.07, 6.45) is 2.70. The average Bonchev–Trinajstić information content (AvgIpc) is 2.93. The van der Waals surface area contributed by atoms with E-state index >= 15 is 0 Å². The summed E-state index contributed by atoms with van der Waals surface area (Å²) in [7, 11) is 3.79. The second kappa shape index (κ2) is 10.1. The number of aromatic nitrogens is 1.